The second kappa shape index (κ2) is 5.06. The number of nitrogens with zero attached hydrogens (tertiary/aromatic N) is 2. The number of carbonyl (C=O) groups is 1. The fourth-order valence-electron chi connectivity index (χ4n) is 1.11. The highest BCUT2D eigenvalue weighted by Crippen LogP contribution is 2.05. The van der Waals surface area contributed by atoms with Crippen LogP contribution in [0.4, 0.5) is 0 Å². The van der Waals surface area contributed by atoms with Gasteiger partial charge in [-0.3, -0.25) is 14.5 Å². The zero-order valence-corrected chi connectivity index (χ0v) is 9.97. The first kappa shape index (κ1) is 11.9. The summed E-state index contributed by atoms with van der Waals surface area (Å²) in [5.74, 6) is 0.402. The van der Waals surface area contributed by atoms with Gasteiger partial charge in [-0.1, -0.05) is 13.8 Å². The summed E-state index contributed by atoms with van der Waals surface area (Å²) in [6.45, 7) is 6.57. The number of hydrogen-bond donors (Lipinski definition) is 2. The van der Waals surface area contributed by atoms with Gasteiger partial charge in [0.05, 0.1) is 0 Å². The molecule has 0 saturated carbocycles. The molecule has 0 saturated heterocycles. The van der Waals surface area contributed by atoms with Crippen LogP contribution in [0.2, 0.25) is 0 Å². The van der Waals surface area contributed by atoms with Crippen LogP contribution in [-0.4, -0.2) is 27.2 Å². The van der Waals surface area contributed by atoms with Gasteiger partial charge >= 0.3 is 0 Å². The number of H-pyrrole nitrogens is 1. The van der Waals surface area contributed by atoms with Crippen molar-refractivity contribution in [1.29, 1.82) is 0 Å². The average Bonchev–Trinajstić information content (AvgIpc) is 2.59. The van der Waals surface area contributed by atoms with Crippen LogP contribution < -0.4 is 5.32 Å². The largest absolute Gasteiger partial charge is 0.354 e. The number of rotatable bonds is 4. The van der Waals surface area contributed by atoms with E-state index in [1.54, 1.807) is 11.5 Å². The van der Waals surface area contributed by atoms with Crippen LogP contribution in [0.3, 0.4) is 0 Å². The molecule has 1 aromatic heterocycles. The normalized spacial score (nSPS) is 12.8. The Hall–Kier alpha value is -1.17. The van der Waals surface area contributed by atoms with Gasteiger partial charge in [0, 0.05) is 6.54 Å². The molecule has 0 aliphatic rings. The highest BCUT2D eigenvalue weighted by atomic mass is 32.1. The molecule has 0 aliphatic carbocycles. The Bertz CT molecular complexity index is 381. The van der Waals surface area contributed by atoms with Gasteiger partial charge in [-0.2, -0.15) is 5.10 Å². The Labute approximate surface area is 93.9 Å². The van der Waals surface area contributed by atoms with E-state index in [4.69, 9.17) is 12.2 Å². The first-order chi connectivity index (χ1) is 7.02. The molecule has 84 valence electrons. The summed E-state index contributed by atoms with van der Waals surface area (Å²) >= 11 is 4.98. The Balaban J connectivity index is 2.61. The minimum absolute atomic E-state index is 0.0406. The third kappa shape index (κ3) is 3.16. The van der Waals surface area contributed by atoms with E-state index >= 15 is 0 Å². The molecule has 1 aromatic rings. The van der Waals surface area contributed by atoms with E-state index < -0.39 is 0 Å². The molecular weight excluding hydrogens is 212 g/mol. The van der Waals surface area contributed by atoms with Gasteiger partial charge < -0.3 is 5.32 Å². The molecule has 0 radical (unpaired) electrons. The molecule has 0 bridgehead atoms. The lowest BCUT2D eigenvalue weighted by Crippen LogP contribution is -2.33. The van der Waals surface area contributed by atoms with E-state index in [-0.39, 0.29) is 11.9 Å². The highest BCUT2D eigenvalue weighted by Gasteiger charge is 2.15. The molecule has 15 heavy (non-hydrogen) atoms. The fraction of sp³-hybridized carbons (Fsp3) is 0.667. The maximum Gasteiger partial charge on any atom is 0.242 e. The summed E-state index contributed by atoms with van der Waals surface area (Å²) in [6, 6.07) is -0.324. The van der Waals surface area contributed by atoms with Crippen molar-refractivity contribution in [2.24, 2.45) is 5.92 Å². The predicted molar refractivity (Wildman–Crippen MR) is 60.0 cm³/mol. The lowest BCUT2D eigenvalue weighted by atomic mass is 10.2. The first-order valence-electron chi connectivity index (χ1n) is 4.91. The van der Waals surface area contributed by atoms with E-state index in [1.165, 1.54) is 6.33 Å². The smallest absolute Gasteiger partial charge is 0.242 e. The van der Waals surface area contributed by atoms with Gasteiger partial charge in [-0.25, -0.2) is 0 Å². The summed E-state index contributed by atoms with van der Waals surface area (Å²) in [7, 11) is 0. The van der Waals surface area contributed by atoms with Crippen LogP contribution in [0, 0.1) is 10.7 Å². The molecule has 1 atom stereocenters. The molecule has 1 unspecified atom stereocenters. The maximum atomic E-state index is 11.7. The van der Waals surface area contributed by atoms with Crippen molar-refractivity contribution in [1.82, 2.24) is 20.1 Å². The van der Waals surface area contributed by atoms with Gasteiger partial charge in [0.1, 0.15) is 12.4 Å². The molecular formula is C9H16N4OS. The molecule has 0 aliphatic heterocycles. The maximum absolute atomic E-state index is 11.7. The molecule has 0 fully saturated rings. The zero-order valence-electron chi connectivity index (χ0n) is 9.15. The molecule has 1 heterocycles. The van der Waals surface area contributed by atoms with Crippen LogP contribution in [0.15, 0.2) is 6.33 Å². The topological polar surface area (TPSA) is 62.7 Å². The summed E-state index contributed by atoms with van der Waals surface area (Å²) in [5.41, 5.74) is 0. The van der Waals surface area contributed by atoms with Crippen LogP contribution >= 0.6 is 12.2 Å². The minimum atomic E-state index is -0.324. The second-order valence-corrected chi connectivity index (χ2v) is 4.27. The number of carbonyl (C=O) groups excluding carboxylic acids is 1. The van der Waals surface area contributed by atoms with Crippen LogP contribution in [0.1, 0.15) is 26.8 Å². The first-order valence-corrected chi connectivity index (χ1v) is 5.32. The lowest BCUT2D eigenvalue weighted by molar-refractivity contribution is -0.124. The minimum Gasteiger partial charge on any atom is -0.354 e. The quantitative estimate of drug-likeness (QED) is 0.763. The fourth-order valence-corrected chi connectivity index (χ4v) is 1.37. The third-order valence-corrected chi connectivity index (χ3v) is 2.36. The van der Waals surface area contributed by atoms with Crippen molar-refractivity contribution in [3.05, 3.63) is 11.1 Å². The van der Waals surface area contributed by atoms with Gasteiger partial charge in [0.25, 0.3) is 0 Å². The van der Waals surface area contributed by atoms with Crippen LogP contribution in [0.5, 0.6) is 0 Å². The number of aromatic amines is 1. The van der Waals surface area contributed by atoms with E-state index in [9.17, 15) is 4.79 Å². The lowest BCUT2D eigenvalue weighted by Gasteiger charge is -2.13. The van der Waals surface area contributed by atoms with Crippen molar-refractivity contribution in [3.63, 3.8) is 0 Å². The molecule has 2 N–H and O–H groups in total. The van der Waals surface area contributed by atoms with E-state index in [0.29, 0.717) is 17.2 Å². The van der Waals surface area contributed by atoms with Gasteiger partial charge in [-0.15, -0.1) is 0 Å². The second-order valence-electron chi connectivity index (χ2n) is 3.88. The monoisotopic (exact) mass is 228 g/mol. The van der Waals surface area contributed by atoms with Crippen molar-refractivity contribution in [2.45, 2.75) is 26.8 Å². The number of aromatic nitrogens is 3. The van der Waals surface area contributed by atoms with Crippen LogP contribution in [-0.2, 0) is 4.79 Å². The number of hydrogen-bond acceptors (Lipinski definition) is 3. The molecule has 1 rings (SSSR count). The van der Waals surface area contributed by atoms with E-state index in [0.717, 1.165) is 0 Å². The molecule has 0 aromatic carbocycles. The summed E-state index contributed by atoms with van der Waals surface area (Å²) in [4.78, 5) is 11.7. The van der Waals surface area contributed by atoms with Crippen molar-refractivity contribution >= 4 is 18.1 Å². The summed E-state index contributed by atoms with van der Waals surface area (Å²) < 4.78 is 2.09. The molecule has 0 spiro atoms. The number of amides is 1. The Kier molecular flexibility index (Phi) is 4.02. The van der Waals surface area contributed by atoms with Crippen molar-refractivity contribution < 1.29 is 4.79 Å². The van der Waals surface area contributed by atoms with E-state index in [2.05, 4.69) is 29.4 Å². The van der Waals surface area contributed by atoms with Gasteiger partial charge in [0.15, 0.2) is 4.77 Å². The number of nitrogens with one attached hydrogen (secondary N) is 2. The average molecular weight is 228 g/mol. The highest BCUT2D eigenvalue weighted by molar-refractivity contribution is 7.71. The van der Waals surface area contributed by atoms with Gasteiger partial charge in [-0.05, 0) is 25.1 Å². The molecule has 5 nitrogen and oxygen atoms in total. The Morgan fingerprint density at radius 1 is 1.67 bits per heavy atom. The standard InChI is InChI=1S/C9H16N4OS/c1-6(2)4-10-8(14)7(3)13-5-11-12-9(13)15/h5-7H,4H2,1-3H3,(H,10,14)(H,12,15). The van der Waals surface area contributed by atoms with E-state index in [1.807, 2.05) is 0 Å². The predicted octanol–water partition coefficient (Wildman–Crippen LogP) is 1.27. The summed E-state index contributed by atoms with van der Waals surface area (Å²) in [6.07, 6.45) is 1.53. The zero-order chi connectivity index (χ0) is 11.4. The molecule has 6 heteroatoms. The SMILES string of the molecule is CC(C)CNC(=O)C(C)n1cn[nH]c1=S. The molecule has 1 amide bonds. The third-order valence-electron chi connectivity index (χ3n) is 2.06. The van der Waals surface area contributed by atoms with Gasteiger partial charge in [0.2, 0.25) is 5.91 Å². The van der Waals surface area contributed by atoms with Crippen molar-refractivity contribution in [3.8, 4) is 0 Å². The van der Waals surface area contributed by atoms with Crippen LogP contribution in [0.25, 0.3) is 0 Å². The Morgan fingerprint density at radius 2 is 2.33 bits per heavy atom. The van der Waals surface area contributed by atoms with Crippen molar-refractivity contribution in [2.75, 3.05) is 6.54 Å². The summed E-state index contributed by atoms with van der Waals surface area (Å²) in [5, 5.41) is 9.24. The Morgan fingerprint density at radius 3 is 2.80 bits per heavy atom.